The Bertz CT molecular complexity index is 3430. The van der Waals surface area contributed by atoms with Gasteiger partial charge in [-0.15, -0.1) is 23.1 Å². The van der Waals surface area contributed by atoms with Crippen molar-refractivity contribution in [2.75, 3.05) is 6.26 Å². The van der Waals surface area contributed by atoms with E-state index in [-0.39, 0.29) is 0 Å². The molecule has 62 heavy (non-hydrogen) atoms. The monoisotopic (exact) mass is 837 g/mol. The standard InChI is InChI=1S/C50H31N5OS2.C4H8/c1-57-42-28-32(44-46-45(39-21-10-12-22-40(39)56-46)52-47(51-44)30-14-4-2-5-15-30)24-26-36(42)34-18-8-9-20-38(34)50-54-48(31-16-6-3-7-17-31)53-49(55-50)33-25-27-37-35-19-11-13-23-41(35)58-43(37)29-33;1-3-4-2/h2-29H,1H3;3-4H,1-2H3/b;4-3-. The van der Waals surface area contributed by atoms with E-state index in [1.54, 1.807) is 23.1 Å². The smallest absolute Gasteiger partial charge is 0.180 e. The van der Waals surface area contributed by atoms with E-state index in [2.05, 4.69) is 91.2 Å². The summed E-state index contributed by atoms with van der Waals surface area (Å²) in [6.45, 7) is 4.00. The Balaban J connectivity index is 0.00000110. The van der Waals surface area contributed by atoms with Crippen LogP contribution in [0.5, 0.6) is 0 Å². The first-order valence-corrected chi connectivity index (χ1v) is 22.5. The van der Waals surface area contributed by atoms with E-state index in [0.717, 1.165) is 66.0 Å². The van der Waals surface area contributed by atoms with Gasteiger partial charge in [-0.25, -0.2) is 24.9 Å². The second-order valence-corrected chi connectivity index (χ2v) is 16.6. The Hall–Kier alpha value is -7.26. The van der Waals surface area contributed by atoms with Gasteiger partial charge in [-0.05, 0) is 61.6 Å². The lowest BCUT2D eigenvalue weighted by molar-refractivity contribution is 0.667. The van der Waals surface area contributed by atoms with Gasteiger partial charge in [0.25, 0.3) is 0 Å². The highest BCUT2D eigenvalue weighted by Crippen LogP contribution is 2.42. The lowest BCUT2D eigenvalue weighted by Crippen LogP contribution is -2.01. The molecule has 0 amide bonds. The molecule has 0 N–H and O–H groups in total. The Morgan fingerprint density at radius 3 is 1.76 bits per heavy atom. The van der Waals surface area contributed by atoms with Crippen molar-refractivity contribution in [3.63, 3.8) is 0 Å². The van der Waals surface area contributed by atoms with Gasteiger partial charge in [0, 0.05) is 58.3 Å². The molecular weight excluding hydrogens is 799 g/mol. The van der Waals surface area contributed by atoms with Crippen LogP contribution in [0.1, 0.15) is 13.8 Å². The maximum absolute atomic E-state index is 6.47. The minimum Gasteiger partial charge on any atom is -0.452 e. The molecule has 0 aliphatic carbocycles. The molecule has 0 spiro atoms. The molecule has 0 saturated carbocycles. The van der Waals surface area contributed by atoms with Crippen molar-refractivity contribution in [3.05, 3.63) is 182 Å². The van der Waals surface area contributed by atoms with Crippen molar-refractivity contribution in [3.8, 4) is 67.9 Å². The van der Waals surface area contributed by atoms with Crippen LogP contribution in [0.3, 0.4) is 0 Å². The third-order valence-corrected chi connectivity index (χ3v) is 12.7. The zero-order valence-electron chi connectivity index (χ0n) is 34.3. The average Bonchev–Trinajstić information content (AvgIpc) is 3.92. The number of hydrogen-bond donors (Lipinski definition) is 0. The number of para-hydroxylation sites is 1. The number of benzene rings is 7. The third kappa shape index (κ3) is 7.33. The fraction of sp³-hybridized carbons (Fsp3) is 0.0556. The minimum atomic E-state index is 0.610. The molecule has 4 aromatic heterocycles. The molecule has 7 aromatic carbocycles. The molecule has 0 atom stereocenters. The summed E-state index contributed by atoms with van der Waals surface area (Å²) in [5.74, 6) is 2.52. The molecule has 0 unspecified atom stereocenters. The number of rotatable bonds is 7. The number of nitrogens with zero attached hydrogens (tertiary/aromatic N) is 5. The Kier molecular flexibility index (Phi) is 10.7. The number of aromatic nitrogens is 5. The molecule has 0 saturated heterocycles. The molecule has 0 radical (unpaired) electrons. The van der Waals surface area contributed by atoms with Gasteiger partial charge in [-0.3, -0.25) is 0 Å². The normalized spacial score (nSPS) is 11.5. The van der Waals surface area contributed by atoms with Crippen LogP contribution in [0.25, 0.3) is 110 Å². The zero-order valence-corrected chi connectivity index (χ0v) is 35.9. The van der Waals surface area contributed by atoms with Crippen LogP contribution in [0.15, 0.2) is 191 Å². The average molecular weight is 838 g/mol. The van der Waals surface area contributed by atoms with Crippen molar-refractivity contribution in [1.29, 1.82) is 0 Å². The summed E-state index contributed by atoms with van der Waals surface area (Å²) < 4.78 is 8.94. The molecule has 298 valence electrons. The van der Waals surface area contributed by atoms with Crippen LogP contribution in [0.4, 0.5) is 0 Å². The predicted molar refractivity (Wildman–Crippen MR) is 260 cm³/mol. The van der Waals surface area contributed by atoms with E-state index in [1.807, 2.05) is 111 Å². The van der Waals surface area contributed by atoms with Crippen molar-refractivity contribution in [2.24, 2.45) is 0 Å². The number of fused-ring (bicyclic) bond motifs is 6. The van der Waals surface area contributed by atoms with Gasteiger partial charge in [0.15, 0.2) is 28.9 Å². The summed E-state index contributed by atoms with van der Waals surface area (Å²) in [7, 11) is 0. The quantitative estimate of drug-likeness (QED) is 0.117. The lowest BCUT2D eigenvalue weighted by Gasteiger charge is -2.15. The fourth-order valence-electron chi connectivity index (χ4n) is 7.68. The van der Waals surface area contributed by atoms with Gasteiger partial charge in [-0.1, -0.05) is 152 Å². The molecule has 0 aliphatic rings. The first kappa shape index (κ1) is 38.9. The van der Waals surface area contributed by atoms with Crippen LogP contribution in [-0.2, 0) is 0 Å². The second-order valence-electron chi connectivity index (χ2n) is 14.6. The summed E-state index contributed by atoms with van der Waals surface area (Å²) in [6.07, 6.45) is 6.11. The Morgan fingerprint density at radius 2 is 1.03 bits per heavy atom. The number of furan rings is 1. The zero-order chi connectivity index (χ0) is 42.0. The number of allylic oxidation sites excluding steroid dienone is 2. The molecule has 0 fully saturated rings. The van der Waals surface area contributed by atoms with E-state index >= 15 is 0 Å². The van der Waals surface area contributed by atoms with E-state index in [9.17, 15) is 0 Å². The van der Waals surface area contributed by atoms with Gasteiger partial charge < -0.3 is 4.42 Å². The molecule has 0 bridgehead atoms. The van der Waals surface area contributed by atoms with Crippen LogP contribution in [-0.4, -0.2) is 31.2 Å². The van der Waals surface area contributed by atoms with Gasteiger partial charge >= 0.3 is 0 Å². The summed E-state index contributed by atoms with van der Waals surface area (Å²) >= 11 is 3.48. The Labute approximate surface area is 367 Å². The van der Waals surface area contributed by atoms with Crippen molar-refractivity contribution in [1.82, 2.24) is 24.9 Å². The van der Waals surface area contributed by atoms with E-state index in [0.29, 0.717) is 28.9 Å². The first-order chi connectivity index (χ1) is 30.6. The largest absolute Gasteiger partial charge is 0.452 e. The second kappa shape index (κ2) is 17.0. The van der Waals surface area contributed by atoms with E-state index < -0.39 is 0 Å². The summed E-state index contributed by atoms with van der Waals surface area (Å²) in [5, 5.41) is 3.46. The topological polar surface area (TPSA) is 77.6 Å². The number of hydrogen-bond acceptors (Lipinski definition) is 8. The molecule has 6 nitrogen and oxygen atoms in total. The first-order valence-electron chi connectivity index (χ1n) is 20.4. The SMILES string of the molecule is C/C=C\C.CSc1cc(-c2nc(-c3ccccc3)nc3c2oc2ccccc23)ccc1-c1ccccc1-c1nc(-c2ccccc2)nc(-c2ccc3c(c2)sc2ccccc23)n1. The van der Waals surface area contributed by atoms with Gasteiger partial charge in [0.2, 0.25) is 0 Å². The van der Waals surface area contributed by atoms with E-state index in [4.69, 9.17) is 29.3 Å². The molecule has 0 aliphatic heterocycles. The number of thioether (sulfide) groups is 1. The van der Waals surface area contributed by atoms with Gasteiger partial charge in [-0.2, -0.15) is 0 Å². The third-order valence-electron chi connectivity index (χ3n) is 10.8. The molecule has 8 heteroatoms. The van der Waals surface area contributed by atoms with Crippen LogP contribution in [0.2, 0.25) is 0 Å². The maximum atomic E-state index is 6.47. The van der Waals surface area contributed by atoms with Crippen molar-refractivity contribution >= 4 is 65.3 Å². The highest BCUT2D eigenvalue weighted by Gasteiger charge is 2.21. The lowest BCUT2D eigenvalue weighted by atomic mass is 9.97. The Morgan fingerprint density at radius 1 is 0.452 bits per heavy atom. The molecule has 11 aromatic rings. The predicted octanol–water partition coefficient (Wildman–Crippen LogP) is 15.2. The highest BCUT2D eigenvalue weighted by atomic mass is 32.2. The summed E-state index contributed by atoms with van der Waals surface area (Å²) in [6, 6.07) is 58.2. The van der Waals surface area contributed by atoms with Gasteiger partial charge in [0.1, 0.15) is 16.8 Å². The van der Waals surface area contributed by atoms with Crippen LogP contribution in [0, 0.1) is 0 Å². The molecule has 11 rings (SSSR count). The van der Waals surface area contributed by atoms with Crippen LogP contribution < -0.4 is 0 Å². The maximum Gasteiger partial charge on any atom is 0.180 e. The van der Waals surface area contributed by atoms with E-state index in [1.165, 1.54) is 20.2 Å². The van der Waals surface area contributed by atoms with Gasteiger partial charge in [0.05, 0.1) is 0 Å². The summed E-state index contributed by atoms with van der Waals surface area (Å²) in [4.78, 5) is 26.7. The number of thiophene rings is 1. The minimum absolute atomic E-state index is 0.610. The van der Waals surface area contributed by atoms with Crippen LogP contribution >= 0.6 is 23.1 Å². The summed E-state index contributed by atoms with van der Waals surface area (Å²) in [5.41, 5.74) is 9.78. The molecule has 4 heterocycles. The highest BCUT2D eigenvalue weighted by molar-refractivity contribution is 7.98. The van der Waals surface area contributed by atoms with Crippen molar-refractivity contribution in [2.45, 2.75) is 18.7 Å². The fourth-order valence-corrected chi connectivity index (χ4v) is 9.47. The van der Waals surface area contributed by atoms with Crippen molar-refractivity contribution < 1.29 is 4.42 Å². The molecular formula is C54H39N5OS2.